The molecule has 1 amide bonds. The second-order valence-corrected chi connectivity index (χ2v) is 8.68. The van der Waals surface area contributed by atoms with Gasteiger partial charge in [0.05, 0.1) is 17.0 Å². The van der Waals surface area contributed by atoms with Crippen LogP contribution in [0.3, 0.4) is 0 Å². The lowest BCUT2D eigenvalue weighted by Crippen LogP contribution is -2.39. The number of amides is 1. The van der Waals surface area contributed by atoms with E-state index in [9.17, 15) is 26.4 Å². The molecule has 2 rings (SSSR count). The molecule has 0 aliphatic carbocycles. The van der Waals surface area contributed by atoms with E-state index in [0.717, 1.165) is 22.0 Å². The van der Waals surface area contributed by atoms with Gasteiger partial charge in [-0.1, -0.05) is 36.7 Å². The van der Waals surface area contributed by atoms with Gasteiger partial charge in [0.1, 0.15) is 0 Å². The number of carbonyl (C=O) groups excluding carboxylic acids is 1. The van der Waals surface area contributed by atoms with Gasteiger partial charge < -0.3 is 5.32 Å². The average Bonchev–Trinajstić information content (AvgIpc) is 2.62. The molecule has 0 bridgehead atoms. The van der Waals surface area contributed by atoms with Crippen LogP contribution >= 0.6 is 11.6 Å². The Morgan fingerprint density at radius 2 is 1.83 bits per heavy atom. The molecule has 5 nitrogen and oxygen atoms in total. The first-order valence-electron chi connectivity index (χ1n) is 8.69. The van der Waals surface area contributed by atoms with E-state index in [1.165, 1.54) is 0 Å². The highest BCUT2D eigenvalue weighted by Gasteiger charge is 2.39. The number of nitrogens with one attached hydrogen (secondary N) is 1. The van der Waals surface area contributed by atoms with Crippen LogP contribution in [-0.4, -0.2) is 31.7 Å². The summed E-state index contributed by atoms with van der Waals surface area (Å²) in [6.45, 7) is 2.68. The summed E-state index contributed by atoms with van der Waals surface area (Å²) < 4.78 is 66.8. The van der Waals surface area contributed by atoms with Crippen molar-refractivity contribution in [3.63, 3.8) is 0 Å². The van der Waals surface area contributed by atoms with Gasteiger partial charge in [-0.3, -0.25) is 4.79 Å². The summed E-state index contributed by atoms with van der Waals surface area (Å²) in [4.78, 5) is 11.5. The third-order valence-electron chi connectivity index (χ3n) is 4.08. The Hall–Kier alpha value is -2.10. The molecule has 29 heavy (non-hydrogen) atoms. The fraction of sp³-hybridized carbons (Fsp3) is 0.316. The molecule has 10 heteroatoms. The average molecular weight is 449 g/mol. The highest BCUT2D eigenvalue weighted by molar-refractivity contribution is 7.89. The van der Waals surface area contributed by atoms with Crippen LogP contribution < -0.4 is 5.32 Å². The van der Waals surface area contributed by atoms with Crippen molar-refractivity contribution in [1.82, 2.24) is 4.31 Å². The van der Waals surface area contributed by atoms with Gasteiger partial charge >= 0.3 is 6.18 Å². The van der Waals surface area contributed by atoms with Crippen molar-refractivity contribution in [2.75, 3.05) is 18.4 Å². The van der Waals surface area contributed by atoms with Crippen LogP contribution in [0.2, 0.25) is 5.02 Å². The van der Waals surface area contributed by atoms with Gasteiger partial charge in [-0.15, -0.1) is 0 Å². The molecule has 0 saturated carbocycles. The summed E-state index contributed by atoms with van der Waals surface area (Å²) >= 11 is 5.63. The third-order valence-corrected chi connectivity index (χ3v) is 6.22. The van der Waals surface area contributed by atoms with Gasteiger partial charge in [0, 0.05) is 17.3 Å². The lowest BCUT2D eigenvalue weighted by molar-refractivity contribution is -0.139. The first-order chi connectivity index (χ1) is 13.5. The number of sulfonamides is 1. The van der Waals surface area contributed by atoms with Crippen molar-refractivity contribution in [3.05, 3.63) is 58.6 Å². The molecule has 0 radical (unpaired) electrons. The van der Waals surface area contributed by atoms with E-state index in [4.69, 9.17) is 11.6 Å². The van der Waals surface area contributed by atoms with Crippen molar-refractivity contribution < 1.29 is 26.4 Å². The van der Waals surface area contributed by atoms with Crippen molar-refractivity contribution in [1.29, 1.82) is 0 Å². The number of alkyl halides is 3. The Morgan fingerprint density at radius 3 is 2.41 bits per heavy atom. The summed E-state index contributed by atoms with van der Waals surface area (Å²) in [5.74, 6) is -0.654. The van der Waals surface area contributed by atoms with E-state index in [0.29, 0.717) is 18.2 Å². The molecule has 2 aromatic rings. The van der Waals surface area contributed by atoms with E-state index >= 15 is 0 Å². The normalized spacial score (nSPS) is 12.2. The lowest BCUT2D eigenvalue weighted by atomic mass is 10.2. The summed E-state index contributed by atoms with van der Waals surface area (Å²) in [5, 5.41) is 2.35. The Kier molecular flexibility index (Phi) is 7.31. The van der Waals surface area contributed by atoms with Crippen LogP contribution in [0.25, 0.3) is 0 Å². The van der Waals surface area contributed by atoms with Crippen LogP contribution in [0.1, 0.15) is 24.5 Å². The number of benzene rings is 2. The van der Waals surface area contributed by atoms with Gasteiger partial charge in [0.2, 0.25) is 15.9 Å². The first-order valence-corrected chi connectivity index (χ1v) is 10.5. The molecule has 1 N–H and O–H groups in total. The zero-order valence-electron chi connectivity index (χ0n) is 15.8. The lowest BCUT2D eigenvalue weighted by Gasteiger charge is -2.23. The maximum Gasteiger partial charge on any atom is 0.417 e. The predicted octanol–water partition coefficient (Wildman–Crippen LogP) is 4.71. The molecule has 0 aliphatic rings. The van der Waals surface area contributed by atoms with Gasteiger partial charge in [0.15, 0.2) is 0 Å². The number of halogens is 4. The number of para-hydroxylation sites is 1. The number of carbonyl (C=O) groups is 1. The third kappa shape index (κ3) is 5.71. The minimum Gasteiger partial charge on any atom is -0.325 e. The summed E-state index contributed by atoms with van der Waals surface area (Å²) in [6, 6.07) is 9.33. The van der Waals surface area contributed by atoms with Crippen molar-refractivity contribution in [3.8, 4) is 0 Å². The molecular weight excluding hydrogens is 429 g/mol. The Morgan fingerprint density at radius 1 is 1.17 bits per heavy atom. The van der Waals surface area contributed by atoms with Gasteiger partial charge in [-0.2, -0.15) is 17.5 Å². The van der Waals surface area contributed by atoms with Crippen molar-refractivity contribution >= 4 is 33.2 Å². The largest absolute Gasteiger partial charge is 0.417 e. The highest BCUT2D eigenvalue weighted by Crippen LogP contribution is 2.37. The van der Waals surface area contributed by atoms with Crippen LogP contribution in [0.5, 0.6) is 0 Å². The van der Waals surface area contributed by atoms with Gasteiger partial charge in [-0.25, -0.2) is 8.42 Å². The maximum absolute atomic E-state index is 13.4. The minimum atomic E-state index is -4.92. The van der Waals surface area contributed by atoms with E-state index in [1.807, 2.05) is 0 Å². The topological polar surface area (TPSA) is 66.5 Å². The van der Waals surface area contributed by atoms with Crippen LogP contribution in [0.4, 0.5) is 18.9 Å². The van der Waals surface area contributed by atoms with Crippen LogP contribution in [-0.2, 0) is 21.0 Å². The zero-order valence-corrected chi connectivity index (χ0v) is 17.3. The Bertz CT molecular complexity index is 994. The first kappa shape index (κ1) is 23.2. The second-order valence-electron chi connectivity index (χ2n) is 6.34. The monoisotopic (exact) mass is 448 g/mol. The quantitative estimate of drug-likeness (QED) is 0.667. The maximum atomic E-state index is 13.4. The number of hydrogen-bond donors (Lipinski definition) is 1. The summed E-state index contributed by atoms with van der Waals surface area (Å²) in [5.41, 5.74) is -0.109. The number of rotatable bonds is 7. The van der Waals surface area contributed by atoms with E-state index < -0.39 is 39.1 Å². The molecule has 0 aliphatic heterocycles. The number of anilines is 1. The molecule has 0 heterocycles. The molecule has 0 saturated heterocycles. The standard InChI is InChI=1S/C19H20ClF3N2O3S/c1-3-10-25(12-18(26)24-16-7-5-4-6-13(16)2)29(27,28)17-9-8-14(20)11-15(17)19(21,22)23/h4-9,11H,3,10,12H2,1-2H3,(H,24,26). The fourth-order valence-electron chi connectivity index (χ4n) is 2.68. The van der Waals surface area contributed by atoms with Crippen LogP contribution in [0.15, 0.2) is 47.4 Å². The molecule has 0 unspecified atom stereocenters. The summed E-state index contributed by atoms with van der Waals surface area (Å²) in [7, 11) is -4.60. The van der Waals surface area contributed by atoms with Crippen molar-refractivity contribution in [2.45, 2.75) is 31.3 Å². The molecule has 2 aromatic carbocycles. The van der Waals surface area contributed by atoms with Gasteiger partial charge in [0.25, 0.3) is 0 Å². The number of nitrogens with zero attached hydrogens (tertiary/aromatic N) is 1. The molecular formula is C19H20ClF3N2O3S. The van der Waals surface area contributed by atoms with E-state index in [1.54, 1.807) is 38.1 Å². The molecule has 0 fully saturated rings. The van der Waals surface area contributed by atoms with Crippen LogP contribution in [0, 0.1) is 6.92 Å². The van der Waals surface area contributed by atoms with Gasteiger partial charge in [-0.05, 0) is 43.2 Å². The second kappa shape index (κ2) is 9.15. The molecule has 0 spiro atoms. The predicted molar refractivity (Wildman–Crippen MR) is 105 cm³/mol. The Labute approximate surface area is 172 Å². The summed E-state index contributed by atoms with van der Waals surface area (Å²) in [6.07, 6.45) is -4.61. The van der Waals surface area contributed by atoms with E-state index in [-0.39, 0.29) is 11.6 Å². The molecule has 0 aromatic heterocycles. The van der Waals surface area contributed by atoms with E-state index in [2.05, 4.69) is 5.32 Å². The fourth-order valence-corrected chi connectivity index (χ4v) is 4.54. The van der Waals surface area contributed by atoms with Crippen molar-refractivity contribution in [2.24, 2.45) is 0 Å². The number of aryl methyl sites for hydroxylation is 1. The zero-order chi connectivity index (χ0) is 21.8. The number of hydrogen-bond acceptors (Lipinski definition) is 3. The molecule has 158 valence electrons. The minimum absolute atomic E-state index is 0.122. The highest BCUT2D eigenvalue weighted by atomic mass is 35.5. The smallest absolute Gasteiger partial charge is 0.325 e. The SMILES string of the molecule is CCCN(CC(=O)Nc1ccccc1C)S(=O)(=O)c1ccc(Cl)cc1C(F)(F)F. The Balaban J connectivity index is 2.37. The molecule has 0 atom stereocenters.